The van der Waals surface area contributed by atoms with Gasteiger partial charge in [-0.05, 0) is 32.4 Å². The van der Waals surface area contributed by atoms with E-state index < -0.39 is 0 Å². The second kappa shape index (κ2) is 7.59. The molecule has 7 nitrogen and oxygen atoms in total. The van der Waals surface area contributed by atoms with Crippen LogP contribution in [0.3, 0.4) is 0 Å². The quantitative estimate of drug-likeness (QED) is 0.794. The highest BCUT2D eigenvalue weighted by Gasteiger charge is 2.22. The van der Waals surface area contributed by atoms with Crippen LogP contribution in [0.25, 0.3) is 0 Å². The fourth-order valence-corrected chi connectivity index (χ4v) is 2.97. The third kappa shape index (κ3) is 3.87. The van der Waals surface area contributed by atoms with Crippen molar-refractivity contribution in [2.45, 2.75) is 33.2 Å². The van der Waals surface area contributed by atoms with Crippen LogP contribution in [0.5, 0.6) is 5.75 Å². The molecule has 1 aromatic heterocycles. The number of rotatable bonds is 6. The molecule has 0 atom stereocenters. The van der Waals surface area contributed by atoms with Crippen LogP contribution in [0.1, 0.15) is 29.9 Å². The highest BCUT2D eigenvalue weighted by atomic mass is 16.5. The van der Waals surface area contributed by atoms with Crippen molar-refractivity contribution in [2.75, 3.05) is 25.1 Å². The molecule has 0 saturated carbocycles. The van der Waals surface area contributed by atoms with Crippen LogP contribution in [0.2, 0.25) is 0 Å². The molecular formula is C19H23N3O4. The lowest BCUT2D eigenvalue weighted by molar-refractivity contribution is -0.132. The minimum atomic E-state index is -0.146. The number of hydrogen-bond donors (Lipinski definition) is 0. The van der Waals surface area contributed by atoms with Gasteiger partial charge in [-0.25, -0.2) is 0 Å². The van der Waals surface area contributed by atoms with Crippen LogP contribution >= 0.6 is 0 Å². The lowest BCUT2D eigenvalue weighted by atomic mass is 10.2. The van der Waals surface area contributed by atoms with Gasteiger partial charge in [0.25, 0.3) is 5.91 Å². The molecule has 2 heterocycles. The van der Waals surface area contributed by atoms with Crippen molar-refractivity contribution in [3.8, 4) is 5.75 Å². The van der Waals surface area contributed by atoms with Crippen molar-refractivity contribution in [2.24, 2.45) is 0 Å². The average molecular weight is 357 g/mol. The molecule has 0 aliphatic carbocycles. The van der Waals surface area contributed by atoms with E-state index in [0.717, 1.165) is 29.9 Å². The van der Waals surface area contributed by atoms with Gasteiger partial charge in [0, 0.05) is 37.3 Å². The van der Waals surface area contributed by atoms with Crippen LogP contribution in [0, 0.1) is 13.8 Å². The number of hydrogen-bond acceptors (Lipinski definition) is 5. The average Bonchev–Trinajstić information content (AvgIpc) is 3.20. The maximum absolute atomic E-state index is 12.3. The molecule has 2 aromatic rings. The van der Waals surface area contributed by atoms with E-state index in [9.17, 15) is 9.59 Å². The number of benzene rings is 1. The molecule has 0 unspecified atom stereocenters. The van der Waals surface area contributed by atoms with E-state index in [1.807, 2.05) is 26.0 Å². The molecule has 2 amide bonds. The largest absolute Gasteiger partial charge is 0.484 e. The van der Waals surface area contributed by atoms with Gasteiger partial charge in [0.2, 0.25) is 5.91 Å². The zero-order valence-corrected chi connectivity index (χ0v) is 15.3. The summed E-state index contributed by atoms with van der Waals surface area (Å²) >= 11 is 0. The van der Waals surface area contributed by atoms with E-state index in [2.05, 4.69) is 5.16 Å². The minimum absolute atomic E-state index is 0.0721. The Labute approximate surface area is 152 Å². The molecule has 1 aliphatic heterocycles. The number of carbonyl (C=O) groups is 2. The standard InChI is InChI=1S/C19H23N3O4/c1-13-17(14(2)26-20-13)11-21(3)19(24)12-25-16-7-4-6-15(10-16)22-9-5-8-18(22)23/h4,6-7,10H,5,8-9,11-12H2,1-3H3. The van der Waals surface area contributed by atoms with Crippen molar-refractivity contribution < 1.29 is 18.8 Å². The second-order valence-corrected chi connectivity index (χ2v) is 6.49. The summed E-state index contributed by atoms with van der Waals surface area (Å²) < 4.78 is 10.8. The van der Waals surface area contributed by atoms with Gasteiger partial charge in [-0.3, -0.25) is 9.59 Å². The zero-order chi connectivity index (χ0) is 18.7. The zero-order valence-electron chi connectivity index (χ0n) is 15.3. The van der Waals surface area contributed by atoms with Gasteiger partial charge in [-0.1, -0.05) is 11.2 Å². The predicted molar refractivity (Wildman–Crippen MR) is 96.0 cm³/mol. The van der Waals surface area contributed by atoms with Crippen molar-refractivity contribution >= 4 is 17.5 Å². The summed E-state index contributed by atoms with van der Waals surface area (Å²) in [5.74, 6) is 1.26. The topological polar surface area (TPSA) is 75.9 Å². The lowest BCUT2D eigenvalue weighted by Crippen LogP contribution is -2.31. The van der Waals surface area contributed by atoms with E-state index in [1.165, 1.54) is 0 Å². The Kier molecular flexibility index (Phi) is 5.25. The Morgan fingerprint density at radius 3 is 2.85 bits per heavy atom. The lowest BCUT2D eigenvalue weighted by Gasteiger charge is -2.19. The van der Waals surface area contributed by atoms with Gasteiger partial charge >= 0.3 is 0 Å². The SMILES string of the molecule is Cc1noc(C)c1CN(C)C(=O)COc1cccc(N2CCCC2=O)c1. The first-order valence-electron chi connectivity index (χ1n) is 8.64. The summed E-state index contributed by atoms with van der Waals surface area (Å²) in [6.07, 6.45) is 1.45. The number of anilines is 1. The number of nitrogens with zero attached hydrogens (tertiary/aromatic N) is 3. The van der Waals surface area contributed by atoms with Gasteiger partial charge in [0.15, 0.2) is 6.61 Å². The smallest absolute Gasteiger partial charge is 0.260 e. The van der Waals surface area contributed by atoms with Gasteiger partial charge < -0.3 is 19.1 Å². The van der Waals surface area contributed by atoms with Gasteiger partial charge in [0.05, 0.1) is 12.2 Å². The third-order valence-electron chi connectivity index (χ3n) is 4.57. The normalized spacial score (nSPS) is 14.0. The summed E-state index contributed by atoms with van der Waals surface area (Å²) in [5.41, 5.74) is 2.50. The monoisotopic (exact) mass is 357 g/mol. The van der Waals surface area contributed by atoms with Crippen molar-refractivity contribution in [1.82, 2.24) is 10.1 Å². The molecule has 0 N–H and O–H groups in total. The first kappa shape index (κ1) is 18.0. The van der Waals surface area contributed by atoms with E-state index >= 15 is 0 Å². The first-order valence-corrected chi connectivity index (χ1v) is 8.64. The number of aromatic nitrogens is 1. The molecule has 1 saturated heterocycles. The Morgan fingerprint density at radius 2 is 2.19 bits per heavy atom. The molecule has 3 rings (SSSR count). The second-order valence-electron chi connectivity index (χ2n) is 6.49. The highest BCUT2D eigenvalue weighted by Crippen LogP contribution is 2.25. The number of carbonyl (C=O) groups excluding carboxylic acids is 2. The Hall–Kier alpha value is -2.83. The van der Waals surface area contributed by atoms with Gasteiger partial charge in [0.1, 0.15) is 11.5 Å². The Morgan fingerprint density at radius 1 is 1.38 bits per heavy atom. The van der Waals surface area contributed by atoms with Crippen molar-refractivity contribution in [3.05, 3.63) is 41.3 Å². The fraction of sp³-hybridized carbons (Fsp3) is 0.421. The summed E-state index contributed by atoms with van der Waals surface area (Å²) in [4.78, 5) is 27.5. The maximum Gasteiger partial charge on any atom is 0.260 e. The van der Waals surface area contributed by atoms with E-state index in [0.29, 0.717) is 24.5 Å². The van der Waals surface area contributed by atoms with Crippen LogP contribution in [0.4, 0.5) is 5.69 Å². The number of aryl methyl sites for hydroxylation is 2. The summed E-state index contributed by atoms with van der Waals surface area (Å²) in [6.45, 7) is 4.76. The number of likely N-dealkylation sites (N-methyl/N-ethyl adjacent to an activating group) is 1. The maximum atomic E-state index is 12.3. The minimum Gasteiger partial charge on any atom is -0.484 e. The van der Waals surface area contributed by atoms with Crippen LogP contribution < -0.4 is 9.64 Å². The van der Waals surface area contributed by atoms with Crippen LogP contribution in [0.15, 0.2) is 28.8 Å². The van der Waals surface area contributed by atoms with Crippen molar-refractivity contribution in [1.29, 1.82) is 0 Å². The molecule has 7 heteroatoms. The molecule has 1 fully saturated rings. The Balaban J connectivity index is 1.58. The third-order valence-corrected chi connectivity index (χ3v) is 4.57. The Bertz CT molecular complexity index is 795. The molecule has 1 aliphatic rings. The van der Waals surface area contributed by atoms with Crippen molar-refractivity contribution in [3.63, 3.8) is 0 Å². The highest BCUT2D eigenvalue weighted by molar-refractivity contribution is 5.95. The van der Waals surface area contributed by atoms with E-state index in [-0.39, 0.29) is 18.4 Å². The molecular weight excluding hydrogens is 334 g/mol. The number of ether oxygens (including phenoxy) is 1. The van der Waals surface area contributed by atoms with E-state index in [4.69, 9.17) is 9.26 Å². The van der Waals surface area contributed by atoms with Gasteiger partial charge in [-0.2, -0.15) is 0 Å². The summed E-state index contributed by atoms with van der Waals surface area (Å²) in [5, 5.41) is 3.90. The molecule has 138 valence electrons. The number of amides is 2. The summed E-state index contributed by atoms with van der Waals surface area (Å²) in [7, 11) is 1.72. The molecule has 26 heavy (non-hydrogen) atoms. The van der Waals surface area contributed by atoms with Crippen LogP contribution in [-0.4, -0.2) is 42.1 Å². The molecule has 0 radical (unpaired) electrons. The predicted octanol–water partition coefficient (Wildman–Crippen LogP) is 2.46. The van der Waals surface area contributed by atoms with E-state index in [1.54, 1.807) is 29.0 Å². The fourth-order valence-electron chi connectivity index (χ4n) is 2.97. The molecule has 1 aromatic carbocycles. The molecule has 0 spiro atoms. The van der Waals surface area contributed by atoms with Crippen LogP contribution in [-0.2, 0) is 16.1 Å². The van der Waals surface area contributed by atoms with Gasteiger partial charge in [-0.15, -0.1) is 0 Å². The first-order chi connectivity index (χ1) is 12.5. The molecule has 0 bridgehead atoms. The summed E-state index contributed by atoms with van der Waals surface area (Å²) in [6, 6.07) is 7.28.